The number of aliphatic hydroxyl groups is 1. The van der Waals surface area contributed by atoms with E-state index in [1.807, 2.05) is 0 Å². The average Bonchev–Trinajstić information content (AvgIpc) is 1.30. The Kier molecular flexibility index (Phi) is 4.35. The van der Waals surface area contributed by atoms with Crippen molar-refractivity contribution in [3.63, 3.8) is 0 Å². The summed E-state index contributed by atoms with van der Waals surface area (Å²) in [4.78, 5) is 0. The summed E-state index contributed by atoms with van der Waals surface area (Å²) in [5.41, 5.74) is 0. The van der Waals surface area contributed by atoms with E-state index in [-0.39, 0.29) is 37.7 Å². The number of hydrogen-bond donors (Lipinski definition) is 1. The Morgan fingerprint density at radius 3 is 1.83 bits per heavy atom. The summed E-state index contributed by atoms with van der Waals surface area (Å²) in [6, 6.07) is 0. The molecule has 0 aromatic heterocycles. The zero-order valence-electron chi connectivity index (χ0n) is 2.25. The molecule has 5 heteroatoms. The predicted molar refractivity (Wildman–Crippen MR) is 24.3 cm³/mol. The van der Waals surface area contributed by atoms with Gasteiger partial charge in [0.15, 0.2) is 12.3 Å². The fraction of sp³-hybridized carbons (Fsp3) is 1.00. The summed E-state index contributed by atoms with van der Waals surface area (Å²) in [5.74, 6) is 0. The van der Waals surface area contributed by atoms with Crippen molar-refractivity contribution < 1.29 is 13.5 Å². The summed E-state index contributed by atoms with van der Waals surface area (Å²) in [6.07, 6.45) is 0. The number of rotatable bonds is 0. The Hall–Kier alpha value is 1.49. The second kappa shape index (κ2) is 3.49. The molecule has 0 spiro atoms. The van der Waals surface area contributed by atoms with Gasteiger partial charge in [-0.1, -0.05) is 0 Å². The first-order valence-corrected chi connectivity index (χ1v) is 1.73. The molecule has 0 saturated carbocycles. The molecule has 1 heterocycles. The average molecular weight is 136 g/mol. The first-order valence-electron chi connectivity index (χ1n) is 1.06. The maximum atomic E-state index is 7.98. The van der Waals surface area contributed by atoms with Crippen molar-refractivity contribution in [1.82, 2.24) is 0 Å². The SMILES string of the molecule is OC1OSO1.[CaH2]. The van der Waals surface area contributed by atoms with Crippen LogP contribution in [0.2, 0.25) is 0 Å². The third-order valence-electron chi connectivity index (χ3n) is 0.243. The van der Waals surface area contributed by atoms with Crippen LogP contribution in [-0.2, 0) is 8.37 Å². The minimum atomic E-state index is -0.972. The predicted octanol–water partition coefficient (Wildman–Crippen LogP) is -1.04. The molecule has 1 fully saturated rings. The zero-order chi connectivity index (χ0) is 3.70. The summed E-state index contributed by atoms with van der Waals surface area (Å²) in [6.45, 7) is -0.972. The topological polar surface area (TPSA) is 38.7 Å². The van der Waals surface area contributed by atoms with Crippen LogP contribution in [0.25, 0.3) is 0 Å². The van der Waals surface area contributed by atoms with E-state index >= 15 is 0 Å². The number of aliphatic hydroxyl groups excluding tert-OH is 1. The Bertz CT molecular complexity index is 37.8. The molecule has 1 aliphatic heterocycles. The van der Waals surface area contributed by atoms with Gasteiger partial charge in [0, 0.05) is 0 Å². The molecule has 0 unspecified atom stereocenters. The molecule has 34 valence electrons. The monoisotopic (exact) mass is 136 g/mol. The summed E-state index contributed by atoms with van der Waals surface area (Å²) in [5, 5.41) is 7.98. The summed E-state index contributed by atoms with van der Waals surface area (Å²) < 4.78 is 8.36. The van der Waals surface area contributed by atoms with E-state index in [1.54, 1.807) is 0 Å². The molecule has 3 nitrogen and oxygen atoms in total. The Morgan fingerprint density at radius 1 is 1.50 bits per heavy atom. The van der Waals surface area contributed by atoms with E-state index in [1.165, 1.54) is 0 Å². The Labute approximate surface area is 69.4 Å². The molecule has 0 aromatic rings. The van der Waals surface area contributed by atoms with Crippen molar-refractivity contribution in [2.75, 3.05) is 0 Å². The van der Waals surface area contributed by atoms with Crippen molar-refractivity contribution in [3.8, 4) is 0 Å². The van der Waals surface area contributed by atoms with Gasteiger partial charge in [-0.2, -0.15) is 0 Å². The Morgan fingerprint density at radius 2 is 1.83 bits per heavy atom. The fourth-order valence-corrected chi connectivity index (χ4v) is 0.223. The van der Waals surface area contributed by atoms with Crippen LogP contribution in [0.4, 0.5) is 0 Å². The summed E-state index contributed by atoms with van der Waals surface area (Å²) >= 11 is 0.795. The molecule has 0 aromatic carbocycles. The van der Waals surface area contributed by atoms with Crippen molar-refractivity contribution >= 4 is 50.1 Å². The van der Waals surface area contributed by atoms with Gasteiger partial charge in [0.2, 0.25) is 0 Å². The van der Waals surface area contributed by atoms with Gasteiger partial charge in [0.05, 0.1) is 0 Å². The van der Waals surface area contributed by atoms with Gasteiger partial charge in [0.25, 0.3) is 6.48 Å². The molecule has 1 N–H and O–H groups in total. The maximum absolute atomic E-state index is 7.98. The first-order chi connectivity index (χ1) is 2.39. The van der Waals surface area contributed by atoms with E-state index in [2.05, 4.69) is 8.37 Å². The van der Waals surface area contributed by atoms with Gasteiger partial charge in [-0.3, -0.25) is 0 Å². The standard InChI is InChI=1S/CH2O3S.Ca.2H/c2-1-3-5-4-1;;;/h1-2H;;;. The normalized spacial score (nSPS) is 21.5. The molecule has 6 heavy (non-hydrogen) atoms. The molecule has 1 rings (SSSR count). The van der Waals surface area contributed by atoms with Crippen molar-refractivity contribution in [1.29, 1.82) is 0 Å². The molecule has 0 bridgehead atoms. The second-order valence-electron chi connectivity index (χ2n) is 0.568. The van der Waals surface area contributed by atoms with E-state index in [4.69, 9.17) is 5.11 Å². The third kappa shape index (κ3) is 1.97. The van der Waals surface area contributed by atoms with Gasteiger partial charge >= 0.3 is 37.7 Å². The van der Waals surface area contributed by atoms with Crippen LogP contribution in [0.15, 0.2) is 0 Å². The van der Waals surface area contributed by atoms with Crippen LogP contribution >= 0.6 is 12.3 Å². The molecule has 0 amide bonds. The quantitative estimate of drug-likeness (QED) is 0.341. The van der Waals surface area contributed by atoms with Crippen LogP contribution in [0, 0.1) is 0 Å². The molecule has 1 aliphatic rings. The van der Waals surface area contributed by atoms with Crippen LogP contribution in [-0.4, -0.2) is 49.3 Å². The van der Waals surface area contributed by atoms with E-state index < -0.39 is 6.48 Å². The van der Waals surface area contributed by atoms with Crippen molar-refractivity contribution in [2.45, 2.75) is 6.48 Å². The Balaban J connectivity index is 0.000000250. The molecule has 0 radical (unpaired) electrons. The van der Waals surface area contributed by atoms with Crippen molar-refractivity contribution in [2.24, 2.45) is 0 Å². The van der Waals surface area contributed by atoms with Gasteiger partial charge in [-0.05, 0) is 0 Å². The molecule has 1 saturated heterocycles. The summed E-state index contributed by atoms with van der Waals surface area (Å²) in [7, 11) is 0. The van der Waals surface area contributed by atoms with E-state index in [0.29, 0.717) is 0 Å². The van der Waals surface area contributed by atoms with Gasteiger partial charge in [0.1, 0.15) is 0 Å². The fourth-order valence-electron chi connectivity index (χ4n) is 0.0744. The van der Waals surface area contributed by atoms with Crippen molar-refractivity contribution in [3.05, 3.63) is 0 Å². The van der Waals surface area contributed by atoms with Gasteiger partial charge in [-0.15, -0.1) is 0 Å². The van der Waals surface area contributed by atoms with Crippen LogP contribution in [0.1, 0.15) is 0 Å². The molecular weight excluding hydrogens is 132 g/mol. The second-order valence-corrected chi connectivity index (χ2v) is 1.09. The molecule has 0 atom stereocenters. The number of hydrogen-bond acceptors (Lipinski definition) is 4. The zero-order valence-corrected chi connectivity index (χ0v) is 3.07. The van der Waals surface area contributed by atoms with Gasteiger partial charge in [-0.25, -0.2) is 8.37 Å². The van der Waals surface area contributed by atoms with Crippen LogP contribution in [0.5, 0.6) is 0 Å². The minimum absolute atomic E-state index is 0. The van der Waals surface area contributed by atoms with Crippen LogP contribution in [0.3, 0.4) is 0 Å². The van der Waals surface area contributed by atoms with Gasteiger partial charge < -0.3 is 5.11 Å². The van der Waals surface area contributed by atoms with E-state index in [9.17, 15) is 0 Å². The molecule has 0 aliphatic carbocycles. The molecular formula is CH4CaO3S. The third-order valence-corrected chi connectivity index (χ3v) is 0.730. The van der Waals surface area contributed by atoms with E-state index in [0.717, 1.165) is 12.3 Å². The van der Waals surface area contributed by atoms with Crippen LogP contribution < -0.4 is 0 Å². The first kappa shape index (κ1) is 7.49.